The molecule has 30 nitrogen and oxygen atoms in total. The van der Waals surface area contributed by atoms with E-state index in [1.165, 1.54) is 69.9 Å². The number of rotatable bonds is 21. The van der Waals surface area contributed by atoms with E-state index in [1.807, 2.05) is 123 Å². The maximum atomic E-state index is 11.6. The van der Waals surface area contributed by atoms with Gasteiger partial charge < -0.3 is 98.8 Å². The van der Waals surface area contributed by atoms with Crippen molar-refractivity contribution >= 4 is 75.6 Å². The number of benzene rings is 7. The number of aliphatic hydroxyl groups excluding tert-OH is 7. The van der Waals surface area contributed by atoms with Gasteiger partial charge in [0, 0.05) is 10.7 Å². The van der Waals surface area contributed by atoms with Crippen molar-refractivity contribution < 1.29 is 144 Å². The number of aromatic hydroxyl groups is 2. The standard InChI is InChI=1S/C14H14O4.C11H12O4S.C7H7ClO2S.2C7H10O3.2C6H8O3.C6H6O2.3C6H6.C4H6O2.2C4H6O.C3H5BrO2/c15-9-1-3-11-17-13-5-7-14(8-6-13)18-12-4-2-10-16;1-10-4-6-11(7-5-10)16(13,14)15-9-3-2-8-12;1-6-2-4-7(5-3-6)11(8,9)10;2*1-3-4-5-10-6-7(8)9-2;2*1-2-3-4-9-5-6(7)8;7-5-1-2-6(8)4-3-5;3*1-2-4-6-5-3-1;5-3-1-2-4-6;2*1-2-3-4-5;1-6-3(5)2-4/h5-8,15-16H,9-12H2;4-7,12H,8-9H2,1H3;2-5H,1H3;2*5-6H2,1-2H3;2*4-5H2,1H3,(H,7,8);1-4,7-8H;3*1-6H;5-6H,3-4H2;2*5H,4H2,1H3;2H2,1H3. The summed E-state index contributed by atoms with van der Waals surface area (Å²) in [5.74, 6) is 48.9. The molecule has 131 heavy (non-hydrogen) atoms. The summed E-state index contributed by atoms with van der Waals surface area (Å²) < 4.78 is 91.3. The van der Waals surface area contributed by atoms with Crippen LogP contribution >= 0.6 is 26.6 Å². The zero-order valence-corrected chi connectivity index (χ0v) is 78.8. The lowest BCUT2D eigenvalue weighted by Crippen LogP contribution is -2.09. The minimum Gasteiger partial charge on any atom is -0.508 e. The fourth-order valence-corrected chi connectivity index (χ4v) is 7.68. The van der Waals surface area contributed by atoms with Gasteiger partial charge in [0.2, 0.25) is 0 Å². The molecule has 7 aromatic rings. The van der Waals surface area contributed by atoms with Crippen molar-refractivity contribution in [2.75, 3.05) is 146 Å². The summed E-state index contributed by atoms with van der Waals surface area (Å²) in [7, 11) is 1.78. The molecule has 34 heteroatoms. The lowest BCUT2D eigenvalue weighted by molar-refractivity contribution is -0.146. The predicted octanol–water partition coefficient (Wildman–Crippen LogP) is 9.36. The predicted molar refractivity (Wildman–Crippen MR) is 505 cm³/mol. The highest BCUT2D eigenvalue weighted by atomic mass is 79.9. The zero-order chi connectivity index (χ0) is 100. The first-order valence-electron chi connectivity index (χ1n) is 37.7. The second kappa shape index (κ2) is 107. The van der Waals surface area contributed by atoms with E-state index >= 15 is 0 Å². The molecular formula is C97H116BrClO30S2. The van der Waals surface area contributed by atoms with E-state index in [0.717, 1.165) is 11.1 Å². The minimum absolute atomic E-state index is 0.0174. The molecule has 0 saturated heterocycles. The minimum atomic E-state index is -3.74. The van der Waals surface area contributed by atoms with E-state index in [4.69, 9.17) is 85.8 Å². The molecule has 0 heterocycles. The van der Waals surface area contributed by atoms with Crippen LogP contribution in [-0.2, 0) is 80.5 Å². The SMILES string of the molecule is CC#CCO.CC#CCO.CC#CCOCC(=O)O.CC#CCOCC(=O)O.CC#CCOCC(=O)OC.CC#CCOCC(=O)OC.COC(=O)CBr.Cc1ccc(S(=O)(=O)Cl)cc1.Cc1ccc(S(=O)(=O)OCC#CCO)cc1.OCC#CCO.OCC#CCOc1ccc(OCC#CCO)cc1.Oc1ccc(O)cc1.c1ccccc1.c1ccccc1.c1ccccc1. The second-order valence-electron chi connectivity index (χ2n) is 21.5. The number of methoxy groups -OCH3 is 3. The number of carboxylic acid groups (broad SMARTS) is 2. The molecule has 0 aliphatic rings. The molecule has 0 spiro atoms. The molecule has 7 rings (SSSR count). The van der Waals surface area contributed by atoms with Crippen molar-refractivity contribution in [2.45, 2.75) is 65.2 Å². The smallest absolute Gasteiger partial charge is 0.331 e. The number of esters is 3. The summed E-state index contributed by atoms with van der Waals surface area (Å²) in [5.41, 5.74) is 1.98. The van der Waals surface area contributed by atoms with Crippen LogP contribution < -0.4 is 9.47 Å². The Labute approximate surface area is 784 Å². The molecule has 0 fully saturated rings. The maximum absolute atomic E-state index is 11.6. The highest BCUT2D eigenvalue weighted by Gasteiger charge is 2.14. The van der Waals surface area contributed by atoms with Crippen LogP contribution in [0, 0.1) is 132 Å². The van der Waals surface area contributed by atoms with Gasteiger partial charge in [0.1, 0.15) is 147 Å². The van der Waals surface area contributed by atoms with Gasteiger partial charge >= 0.3 is 29.8 Å². The normalized spacial score (nSPS) is 8.37. The van der Waals surface area contributed by atoms with E-state index in [-0.39, 0.29) is 163 Å². The largest absolute Gasteiger partial charge is 0.508 e. The number of hydrogen-bond acceptors (Lipinski definition) is 28. The summed E-state index contributed by atoms with van der Waals surface area (Å²) in [6, 6.07) is 61.4. The summed E-state index contributed by atoms with van der Waals surface area (Å²) in [4.78, 5) is 50.5. The van der Waals surface area contributed by atoms with E-state index in [2.05, 4.69) is 162 Å². The molecule has 0 amide bonds. The molecule has 0 bridgehead atoms. The molecule has 0 aliphatic carbocycles. The van der Waals surface area contributed by atoms with E-state index in [0.29, 0.717) is 11.5 Å². The maximum Gasteiger partial charge on any atom is 0.331 e. The molecule has 0 aliphatic heterocycles. The first-order valence-corrected chi connectivity index (χ1v) is 42.6. The summed E-state index contributed by atoms with van der Waals surface area (Å²) >= 11 is 2.90. The number of alkyl halides is 1. The quantitative estimate of drug-likeness (QED) is 0.00466. The molecule has 11 N–H and O–H groups in total. The topological polar surface area (TPSA) is 468 Å². The van der Waals surface area contributed by atoms with Crippen LogP contribution in [0.4, 0.5) is 0 Å². The van der Waals surface area contributed by atoms with Crippen molar-refractivity contribution in [1.82, 2.24) is 0 Å². The summed E-state index contributed by atoms with van der Waals surface area (Å²) in [6.07, 6.45) is 0. The lowest BCUT2D eigenvalue weighted by atomic mass is 10.2. The molecule has 710 valence electrons. The van der Waals surface area contributed by atoms with E-state index in [1.54, 1.807) is 90.1 Å². The number of phenols is 2. The third-order valence-electron chi connectivity index (χ3n) is 11.7. The number of carboxylic acids is 2. The fourth-order valence-electron chi connectivity index (χ4n) is 5.86. The number of hydrogen-bond donors (Lipinski definition) is 11. The number of aliphatic carboxylic acids is 2. The fraction of sp³-hybridized carbons (Fsp3) is 0.309. The van der Waals surface area contributed by atoms with E-state index < -0.39 is 31.1 Å². The van der Waals surface area contributed by atoms with Crippen molar-refractivity contribution in [1.29, 1.82) is 0 Å². The zero-order valence-electron chi connectivity index (χ0n) is 74.8. The van der Waals surface area contributed by atoms with Crippen LogP contribution in [0.3, 0.4) is 0 Å². The first-order chi connectivity index (χ1) is 62.9. The lowest BCUT2D eigenvalue weighted by Gasteiger charge is -2.04. The van der Waals surface area contributed by atoms with Crippen LogP contribution in [0.5, 0.6) is 23.0 Å². The first kappa shape index (κ1) is 133. The van der Waals surface area contributed by atoms with Crippen LogP contribution in [-0.4, -0.2) is 248 Å². The molecule has 0 radical (unpaired) electrons. The monoisotopic (exact) mass is 1940 g/mol. The number of aryl methyl sites for hydroxylation is 2. The van der Waals surface area contributed by atoms with Crippen molar-refractivity contribution in [2.24, 2.45) is 0 Å². The number of aliphatic hydroxyl groups is 7. The van der Waals surface area contributed by atoms with Crippen molar-refractivity contribution in [3.05, 3.63) is 217 Å². The van der Waals surface area contributed by atoms with E-state index in [9.17, 15) is 40.8 Å². The Morgan fingerprint density at radius 1 is 0.321 bits per heavy atom. The molecule has 0 unspecified atom stereocenters. The number of halogens is 2. The van der Waals surface area contributed by atoms with Gasteiger partial charge in [0.05, 0.1) is 31.1 Å². The number of carbonyl (C=O) groups excluding carboxylic acids is 3. The Morgan fingerprint density at radius 3 is 0.763 bits per heavy atom. The van der Waals surface area contributed by atoms with Gasteiger partial charge in [-0.15, -0.1) is 35.5 Å². The van der Waals surface area contributed by atoms with Gasteiger partial charge in [-0.25, -0.2) is 27.6 Å². The van der Waals surface area contributed by atoms with Crippen LogP contribution in [0.15, 0.2) is 216 Å². The second-order valence-corrected chi connectivity index (χ2v) is 26.3. The van der Waals surface area contributed by atoms with Crippen LogP contribution in [0.2, 0.25) is 0 Å². The number of ether oxygens (including phenoxy) is 9. The molecular weight excluding hydrogens is 1820 g/mol. The Bertz CT molecular complexity index is 4570. The third-order valence-corrected chi connectivity index (χ3v) is 14.8. The molecule has 0 aromatic heterocycles. The van der Waals surface area contributed by atoms with Crippen LogP contribution in [0.25, 0.3) is 0 Å². The van der Waals surface area contributed by atoms with Gasteiger partial charge in [0.15, 0.2) is 0 Å². The average Bonchev–Trinajstić information content (AvgIpc) is 0.854. The Balaban J connectivity index is -0.000000210. The number of phenolic OH excluding ortho intramolecular Hbond substituents is 2. The van der Waals surface area contributed by atoms with Gasteiger partial charge in [0.25, 0.3) is 19.2 Å². The van der Waals surface area contributed by atoms with Gasteiger partial charge in [-0.1, -0.05) is 243 Å². The molecule has 0 atom stereocenters. The number of carbonyl (C=O) groups is 5. The van der Waals surface area contributed by atoms with Gasteiger partial charge in [-0.05, 0) is 128 Å². The van der Waals surface area contributed by atoms with Gasteiger partial charge in [-0.2, -0.15) is 8.42 Å². The van der Waals surface area contributed by atoms with Crippen LogP contribution in [0.1, 0.15) is 52.7 Å². The highest BCUT2D eigenvalue weighted by molar-refractivity contribution is 9.09. The van der Waals surface area contributed by atoms with Crippen molar-refractivity contribution in [3.63, 3.8) is 0 Å². The third kappa shape index (κ3) is 117. The van der Waals surface area contributed by atoms with Gasteiger partial charge in [-0.3, -0.25) is 8.98 Å². The molecule has 7 aromatic carbocycles. The average molecular weight is 1940 g/mol. The Morgan fingerprint density at radius 2 is 0.557 bits per heavy atom. The highest BCUT2D eigenvalue weighted by Crippen LogP contribution is 2.18. The van der Waals surface area contributed by atoms with Crippen molar-refractivity contribution in [3.8, 4) is 141 Å². The molecule has 0 saturated carbocycles. The Kier molecular flexibility index (Phi) is 109. The summed E-state index contributed by atoms with van der Waals surface area (Å²) in [6.45, 7) is 13.5. The summed E-state index contributed by atoms with van der Waals surface area (Å²) in [5, 5.41) is 90.5. The Hall–Kier alpha value is -13.1.